The first kappa shape index (κ1) is 7.60. The number of amides is 1. The molecule has 1 rings (SSSR count). The highest BCUT2D eigenvalue weighted by atomic mass is 16.4. The summed E-state index contributed by atoms with van der Waals surface area (Å²) in [5.41, 5.74) is 0. The zero-order valence-electron chi connectivity index (χ0n) is 5.97. The van der Waals surface area contributed by atoms with Crippen molar-refractivity contribution in [3.05, 3.63) is 36.6 Å². The molecule has 1 aliphatic rings. The molecule has 0 bridgehead atoms. The standard InChI is InChI=1S/C8H9NO2/c10-8(11)9-6-4-2-1-3-5-7-9/h1-6H,7H2,(H,10,11)/b2-1-,5-3-,6-4-. The van der Waals surface area contributed by atoms with Crippen LogP contribution in [-0.4, -0.2) is 22.6 Å². The van der Waals surface area contributed by atoms with Crippen LogP contribution in [0.25, 0.3) is 0 Å². The van der Waals surface area contributed by atoms with E-state index in [-0.39, 0.29) is 0 Å². The van der Waals surface area contributed by atoms with E-state index < -0.39 is 6.09 Å². The molecule has 0 aromatic rings. The molecule has 0 unspecified atom stereocenters. The van der Waals surface area contributed by atoms with Crippen LogP contribution in [-0.2, 0) is 0 Å². The summed E-state index contributed by atoms with van der Waals surface area (Å²) >= 11 is 0. The molecule has 0 atom stereocenters. The average molecular weight is 151 g/mol. The Morgan fingerprint density at radius 1 is 1.27 bits per heavy atom. The third kappa shape index (κ3) is 2.29. The van der Waals surface area contributed by atoms with E-state index in [2.05, 4.69) is 0 Å². The molecule has 3 heteroatoms. The minimum absolute atomic E-state index is 0.413. The fraction of sp³-hybridized carbons (Fsp3) is 0.125. The van der Waals surface area contributed by atoms with E-state index in [0.29, 0.717) is 6.54 Å². The van der Waals surface area contributed by atoms with Crippen LogP contribution in [0.3, 0.4) is 0 Å². The van der Waals surface area contributed by atoms with Crippen molar-refractivity contribution >= 4 is 6.09 Å². The molecule has 0 saturated carbocycles. The summed E-state index contributed by atoms with van der Waals surface area (Å²) in [5.74, 6) is 0. The van der Waals surface area contributed by atoms with Gasteiger partial charge in [0.25, 0.3) is 0 Å². The van der Waals surface area contributed by atoms with Crippen molar-refractivity contribution in [2.24, 2.45) is 0 Å². The summed E-state index contributed by atoms with van der Waals surface area (Å²) in [6, 6.07) is 0. The molecule has 3 nitrogen and oxygen atoms in total. The number of carboxylic acid groups (broad SMARTS) is 1. The van der Waals surface area contributed by atoms with Crippen molar-refractivity contribution in [1.29, 1.82) is 0 Å². The third-order valence-electron chi connectivity index (χ3n) is 1.28. The molecule has 58 valence electrons. The lowest BCUT2D eigenvalue weighted by Crippen LogP contribution is -2.23. The van der Waals surface area contributed by atoms with E-state index in [1.54, 1.807) is 18.2 Å². The molecule has 1 N–H and O–H groups in total. The van der Waals surface area contributed by atoms with E-state index in [9.17, 15) is 4.79 Å². The zero-order chi connectivity index (χ0) is 8.10. The van der Waals surface area contributed by atoms with E-state index in [1.165, 1.54) is 11.1 Å². The van der Waals surface area contributed by atoms with Gasteiger partial charge in [0.15, 0.2) is 0 Å². The zero-order valence-corrected chi connectivity index (χ0v) is 5.97. The summed E-state index contributed by atoms with van der Waals surface area (Å²) in [4.78, 5) is 11.6. The van der Waals surface area contributed by atoms with Crippen molar-refractivity contribution in [2.75, 3.05) is 6.54 Å². The largest absolute Gasteiger partial charge is 0.465 e. The van der Waals surface area contributed by atoms with Crippen molar-refractivity contribution < 1.29 is 9.90 Å². The summed E-state index contributed by atoms with van der Waals surface area (Å²) < 4.78 is 0. The normalized spacial score (nSPS) is 24.9. The predicted octanol–water partition coefficient (Wildman–Crippen LogP) is 1.61. The van der Waals surface area contributed by atoms with E-state index in [0.717, 1.165) is 0 Å². The Balaban J connectivity index is 2.68. The molecule has 0 spiro atoms. The fourth-order valence-electron chi connectivity index (χ4n) is 0.738. The molecule has 1 heterocycles. The maximum absolute atomic E-state index is 10.4. The molecule has 11 heavy (non-hydrogen) atoms. The molecule has 1 aliphatic heterocycles. The van der Waals surface area contributed by atoms with Gasteiger partial charge in [-0.15, -0.1) is 0 Å². The van der Waals surface area contributed by atoms with Gasteiger partial charge in [-0.1, -0.05) is 24.3 Å². The van der Waals surface area contributed by atoms with Gasteiger partial charge in [-0.05, 0) is 6.08 Å². The van der Waals surface area contributed by atoms with Gasteiger partial charge in [0.1, 0.15) is 0 Å². The smallest absolute Gasteiger partial charge is 0.411 e. The van der Waals surface area contributed by atoms with Gasteiger partial charge < -0.3 is 5.11 Å². The number of hydrogen-bond acceptors (Lipinski definition) is 1. The topological polar surface area (TPSA) is 40.5 Å². The second-order valence-corrected chi connectivity index (χ2v) is 2.09. The van der Waals surface area contributed by atoms with Crippen LogP contribution in [0.15, 0.2) is 36.6 Å². The minimum Gasteiger partial charge on any atom is -0.465 e. The fourth-order valence-corrected chi connectivity index (χ4v) is 0.738. The highest BCUT2D eigenvalue weighted by Gasteiger charge is 2.04. The van der Waals surface area contributed by atoms with Crippen LogP contribution in [0.2, 0.25) is 0 Å². The van der Waals surface area contributed by atoms with Gasteiger partial charge in [0.2, 0.25) is 0 Å². The molecule has 0 saturated heterocycles. The Morgan fingerprint density at radius 2 is 2.00 bits per heavy atom. The van der Waals surface area contributed by atoms with Gasteiger partial charge >= 0.3 is 6.09 Å². The number of nitrogens with zero attached hydrogens (tertiary/aromatic N) is 1. The maximum atomic E-state index is 10.4. The van der Waals surface area contributed by atoms with Crippen LogP contribution in [0, 0.1) is 0 Å². The van der Waals surface area contributed by atoms with Gasteiger partial charge in [-0.25, -0.2) is 4.79 Å². The van der Waals surface area contributed by atoms with E-state index in [4.69, 9.17) is 5.11 Å². The first-order chi connectivity index (χ1) is 5.30. The van der Waals surface area contributed by atoms with E-state index >= 15 is 0 Å². The Kier molecular flexibility index (Phi) is 2.49. The van der Waals surface area contributed by atoms with Gasteiger partial charge in [0, 0.05) is 12.7 Å². The number of allylic oxidation sites excluding steroid dienone is 4. The number of carbonyl (C=O) groups is 1. The van der Waals surface area contributed by atoms with Crippen LogP contribution < -0.4 is 0 Å². The third-order valence-corrected chi connectivity index (χ3v) is 1.28. The van der Waals surface area contributed by atoms with E-state index in [1.807, 2.05) is 12.2 Å². The molecule has 0 aliphatic carbocycles. The molecule has 0 fully saturated rings. The second kappa shape index (κ2) is 3.61. The lowest BCUT2D eigenvalue weighted by atomic mass is 10.3. The van der Waals surface area contributed by atoms with Gasteiger partial charge in [0.05, 0.1) is 0 Å². The summed E-state index contributed by atoms with van der Waals surface area (Å²) in [6.07, 6.45) is 9.54. The molecular weight excluding hydrogens is 142 g/mol. The Morgan fingerprint density at radius 3 is 2.73 bits per heavy atom. The minimum atomic E-state index is -0.929. The van der Waals surface area contributed by atoms with Crippen LogP contribution in [0.1, 0.15) is 0 Å². The molecular formula is C8H9NO2. The van der Waals surface area contributed by atoms with Gasteiger partial charge in [-0.3, -0.25) is 4.90 Å². The quantitative estimate of drug-likeness (QED) is 0.571. The van der Waals surface area contributed by atoms with Crippen LogP contribution in [0.4, 0.5) is 4.79 Å². The predicted molar refractivity (Wildman–Crippen MR) is 42.2 cm³/mol. The monoisotopic (exact) mass is 151 g/mol. The van der Waals surface area contributed by atoms with Crippen molar-refractivity contribution in [3.8, 4) is 0 Å². The lowest BCUT2D eigenvalue weighted by Gasteiger charge is -2.11. The Labute approximate surface area is 64.9 Å². The first-order valence-electron chi connectivity index (χ1n) is 3.30. The molecule has 0 aromatic carbocycles. The summed E-state index contributed by atoms with van der Waals surface area (Å²) in [7, 11) is 0. The van der Waals surface area contributed by atoms with Crippen molar-refractivity contribution in [2.45, 2.75) is 0 Å². The number of rotatable bonds is 0. The second-order valence-electron chi connectivity index (χ2n) is 2.09. The Hall–Kier alpha value is -1.51. The number of hydrogen-bond donors (Lipinski definition) is 1. The SMILES string of the molecule is O=C(O)N1\C=C/C=C\C=C/C1. The lowest BCUT2D eigenvalue weighted by molar-refractivity contribution is 0.166. The molecule has 1 amide bonds. The van der Waals surface area contributed by atoms with Crippen LogP contribution in [0.5, 0.6) is 0 Å². The summed E-state index contributed by atoms with van der Waals surface area (Å²) in [6.45, 7) is 0.413. The van der Waals surface area contributed by atoms with Crippen LogP contribution >= 0.6 is 0 Å². The first-order valence-corrected chi connectivity index (χ1v) is 3.30. The highest BCUT2D eigenvalue weighted by Crippen LogP contribution is 1.95. The molecule has 0 aromatic heterocycles. The Bertz CT molecular complexity index is 228. The summed E-state index contributed by atoms with van der Waals surface area (Å²) in [5, 5.41) is 8.57. The molecule has 0 radical (unpaired) electrons. The maximum Gasteiger partial charge on any atom is 0.411 e. The average Bonchev–Trinajstić information content (AvgIpc) is 1.84. The highest BCUT2D eigenvalue weighted by molar-refractivity contribution is 5.66. The van der Waals surface area contributed by atoms with Crippen molar-refractivity contribution in [1.82, 2.24) is 4.90 Å². The van der Waals surface area contributed by atoms with Crippen molar-refractivity contribution in [3.63, 3.8) is 0 Å². The van der Waals surface area contributed by atoms with Gasteiger partial charge in [-0.2, -0.15) is 0 Å².